The summed E-state index contributed by atoms with van der Waals surface area (Å²) in [5, 5.41) is 3.85. The number of rotatable bonds is 6. The summed E-state index contributed by atoms with van der Waals surface area (Å²) in [4.78, 5) is 47.5. The number of benzene rings is 3. The number of nitrogens with one attached hydrogen (secondary N) is 2. The number of aryl methyl sites for hydroxylation is 1. The predicted octanol–water partition coefficient (Wildman–Crippen LogP) is 4.34. The standard InChI is InChI=1S/C30H28N4O4/c1-18-11-13-19(14-12-18)27-26-22(20-7-3-5-9-23(20)32-26)17-25-29(36)34(30(37)33(25)27)24-10-6-4-8-21(24)28(35)31-15-16-38-2/h3-14,25,27,32H,15-17H2,1-2H3,(H,31,35)/t25-,27-/m0/s1. The molecule has 0 unspecified atom stereocenters. The fourth-order valence-electron chi connectivity index (χ4n) is 5.61. The van der Waals surface area contributed by atoms with E-state index in [0.717, 1.165) is 33.3 Å². The van der Waals surface area contributed by atoms with Crippen LogP contribution in [0, 0.1) is 6.92 Å². The highest BCUT2D eigenvalue weighted by Gasteiger charge is 2.53. The van der Waals surface area contributed by atoms with Crippen LogP contribution in [0.2, 0.25) is 0 Å². The van der Waals surface area contributed by atoms with E-state index in [0.29, 0.717) is 19.6 Å². The number of urea groups is 1. The Morgan fingerprint density at radius 2 is 1.76 bits per heavy atom. The van der Waals surface area contributed by atoms with Gasteiger partial charge in [0.05, 0.1) is 17.9 Å². The number of methoxy groups -OCH3 is 1. The number of carbonyl (C=O) groups is 3. The summed E-state index contributed by atoms with van der Waals surface area (Å²) < 4.78 is 5.03. The van der Waals surface area contributed by atoms with Gasteiger partial charge in [0.25, 0.3) is 11.8 Å². The zero-order chi connectivity index (χ0) is 26.4. The zero-order valence-corrected chi connectivity index (χ0v) is 21.2. The molecule has 3 heterocycles. The predicted molar refractivity (Wildman–Crippen MR) is 144 cm³/mol. The number of imide groups is 1. The maximum Gasteiger partial charge on any atom is 0.332 e. The summed E-state index contributed by atoms with van der Waals surface area (Å²) in [7, 11) is 1.56. The Morgan fingerprint density at radius 1 is 1.03 bits per heavy atom. The molecule has 192 valence electrons. The van der Waals surface area contributed by atoms with Crippen LogP contribution < -0.4 is 10.2 Å². The van der Waals surface area contributed by atoms with Crippen LogP contribution in [0.5, 0.6) is 0 Å². The lowest BCUT2D eigenvalue weighted by atomic mass is 9.88. The maximum absolute atomic E-state index is 14.1. The van der Waals surface area contributed by atoms with Crippen molar-refractivity contribution >= 4 is 34.4 Å². The van der Waals surface area contributed by atoms with Gasteiger partial charge in [-0.3, -0.25) is 14.5 Å². The Balaban J connectivity index is 1.45. The second kappa shape index (κ2) is 9.46. The van der Waals surface area contributed by atoms with E-state index in [9.17, 15) is 14.4 Å². The molecule has 0 spiro atoms. The van der Waals surface area contributed by atoms with E-state index in [1.54, 1.807) is 36.3 Å². The summed E-state index contributed by atoms with van der Waals surface area (Å²) in [6.07, 6.45) is 0.394. The molecule has 0 saturated carbocycles. The van der Waals surface area contributed by atoms with Crippen LogP contribution in [-0.2, 0) is 16.0 Å². The topological polar surface area (TPSA) is 94.7 Å². The first-order valence-corrected chi connectivity index (χ1v) is 12.7. The smallest absolute Gasteiger partial charge is 0.332 e. The minimum atomic E-state index is -0.690. The van der Waals surface area contributed by atoms with Crippen LogP contribution in [0.4, 0.5) is 10.5 Å². The zero-order valence-electron chi connectivity index (χ0n) is 21.2. The molecule has 1 saturated heterocycles. The molecular formula is C30H28N4O4. The Labute approximate surface area is 220 Å². The van der Waals surface area contributed by atoms with Crippen LogP contribution in [0.15, 0.2) is 72.8 Å². The van der Waals surface area contributed by atoms with Crippen molar-refractivity contribution in [3.05, 3.63) is 101 Å². The fourth-order valence-corrected chi connectivity index (χ4v) is 5.61. The van der Waals surface area contributed by atoms with Crippen molar-refractivity contribution in [2.75, 3.05) is 25.2 Å². The number of anilines is 1. The summed E-state index contributed by atoms with van der Waals surface area (Å²) in [6, 6.07) is 21.2. The van der Waals surface area contributed by atoms with Crippen LogP contribution in [0.1, 0.15) is 38.8 Å². The first-order valence-electron chi connectivity index (χ1n) is 12.7. The highest BCUT2D eigenvalue weighted by molar-refractivity contribution is 6.24. The molecule has 4 aromatic rings. The van der Waals surface area contributed by atoms with E-state index in [1.807, 2.05) is 55.5 Å². The van der Waals surface area contributed by atoms with Gasteiger partial charge < -0.3 is 15.0 Å². The van der Waals surface area contributed by atoms with Crippen LogP contribution in [-0.4, -0.2) is 54.0 Å². The first-order chi connectivity index (χ1) is 18.5. The average molecular weight is 509 g/mol. The Bertz CT molecular complexity index is 1560. The van der Waals surface area contributed by atoms with Gasteiger partial charge in [-0.1, -0.05) is 60.2 Å². The molecule has 0 bridgehead atoms. The van der Waals surface area contributed by atoms with Gasteiger partial charge in [-0.25, -0.2) is 9.69 Å². The molecule has 2 N–H and O–H groups in total. The third-order valence-electron chi connectivity index (χ3n) is 7.42. The van der Waals surface area contributed by atoms with Crippen molar-refractivity contribution in [1.29, 1.82) is 0 Å². The molecule has 2 aliphatic heterocycles. The van der Waals surface area contributed by atoms with Gasteiger partial charge in [-0.15, -0.1) is 0 Å². The molecule has 38 heavy (non-hydrogen) atoms. The quantitative estimate of drug-likeness (QED) is 0.299. The number of aromatic amines is 1. The van der Waals surface area contributed by atoms with Gasteiger partial charge in [0, 0.05) is 36.7 Å². The van der Waals surface area contributed by atoms with Gasteiger partial charge in [0.1, 0.15) is 12.1 Å². The van der Waals surface area contributed by atoms with Gasteiger partial charge >= 0.3 is 6.03 Å². The number of ether oxygens (including phenoxy) is 1. The largest absolute Gasteiger partial charge is 0.383 e. The first kappa shape index (κ1) is 23.9. The maximum atomic E-state index is 14.1. The fraction of sp³-hybridized carbons (Fsp3) is 0.233. The minimum Gasteiger partial charge on any atom is -0.383 e. The van der Waals surface area contributed by atoms with E-state index in [4.69, 9.17) is 4.74 Å². The van der Waals surface area contributed by atoms with Gasteiger partial charge in [0.2, 0.25) is 0 Å². The van der Waals surface area contributed by atoms with Crippen LogP contribution in [0.25, 0.3) is 10.9 Å². The molecule has 1 fully saturated rings. The number of aromatic nitrogens is 1. The van der Waals surface area contributed by atoms with Crippen LogP contribution in [0.3, 0.4) is 0 Å². The average Bonchev–Trinajstić information content (AvgIpc) is 3.42. The van der Waals surface area contributed by atoms with Crippen molar-refractivity contribution in [2.45, 2.75) is 25.4 Å². The number of hydrogen-bond acceptors (Lipinski definition) is 4. The Hall–Kier alpha value is -4.43. The molecule has 2 atom stereocenters. The molecule has 6 rings (SSSR count). The molecule has 0 radical (unpaired) electrons. The highest BCUT2D eigenvalue weighted by Crippen LogP contribution is 2.45. The summed E-state index contributed by atoms with van der Waals surface area (Å²) >= 11 is 0. The monoisotopic (exact) mass is 508 g/mol. The van der Waals surface area contributed by atoms with Gasteiger partial charge in [-0.05, 0) is 36.2 Å². The number of fused-ring (bicyclic) bond motifs is 4. The summed E-state index contributed by atoms with van der Waals surface area (Å²) in [6.45, 7) is 2.69. The van der Waals surface area contributed by atoms with E-state index in [-0.39, 0.29) is 23.1 Å². The summed E-state index contributed by atoms with van der Waals surface area (Å²) in [5.41, 5.74) is 5.51. The van der Waals surface area contributed by atoms with Crippen molar-refractivity contribution < 1.29 is 19.1 Å². The van der Waals surface area contributed by atoms with Gasteiger partial charge in [0.15, 0.2) is 0 Å². The van der Waals surface area contributed by atoms with E-state index >= 15 is 0 Å². The molecule has 2 aliphatic rings. The van der Waals surface area contributed by atoms with E-state index in [2.05, 4.69) is 10.3 Å². The number of H-pyrrole nitrogens is 1. The number of carbonyl (C=O) groups excluding carboxylic acids is 3. The number of hydrogen-bond donors (Lipinski definition) is 2. The van der Waals surface area contributed by atoms with Crippen LogP contribution >= 0.6 is 0 Å². The number of nitrogens with zero attached hydrogens (tertiary/aromatic N) is 2. The molecule has 1 aromatic heterocycles. The molecule has 3 aromatic carbocycles. The molecule has 0 aliphatic carbocycles. The third kappa shape index (κ3) is 3.76. The molecule has 8 heteroatoms. The van der Waals surface area contributed by atoms with E-state index < -0.39 is 18.1 Å². The second-order valence-corrected chi connectivity index (χ2v) is 9.73. The third-order valence-corrected chi connectivity index (χ3v) is 7.42. The minimum absolute atomic E-state index is 0.265. The Kier molecular flexibility index (Phi) is 5.96. The second-order valence-electron chi connectivity index (χ2n) is 9.73. The lowest BCUT2D eigenvalue weighted by Gasteiger charge is -2.36. The van der Waals surface area contributed by atoms with Crippen molar-refractivity contribution in [1.82, 2.24) is 15.2 Å². The molecular weight excluding hydrogens is 480 g/mol. The van der Waals surface area contributed by atoms with Crippen molar-refractivity contribution in [3.8, 4) is 0 Å². The lowest BCUT2D eigenvalue weighted by Crippen LogP contribution is -2.44. The highest BCUT2D eigenvalue weighted by atomic mass is 16.5. The van der Waals surface area contributed by atoms with Crippen molar-refractivity contribution in [2.24, 2.45) is 0 Å². The molecule has 8 nitrogen and oxygen atoms in total. The number of amides is 4. The number of para-hydroxylation sites is 2. The van der Waals surface area contributed by atoms with Gasteiger partial charge in [-0.2, -0.15) is 0 Å². The Morgan fingerprint density at radius 3 is 2.55 bits per heavy atom. The normalized spacial score (nSPS) is 18.6. The summed E-state index contributed by atoms with van der Waals surface area (Å²) in [5.74, 6) is -0.699. The molecule has 4 amide bonds. The van der Waals surface area contributed by atoms with E-state index in [1.165, 1.54) is 4.90 Å². The van der Waals surface area contributed by atoms with Crippen molar-refractivity contribution in [3.63, 3.8) is 0 Å². The SMILES string of the molecule is COCCNC(=O)c1ccccc1N1C(=O)[C@@H]2Cc3c([nH]c4ccccc34)[C@H](c3ccc(C)cc3)N2C1=O. The lowest BCUT2D eigenvalue weighted by molar-refractivity contribution is -0.120.